The maximum Gasteiger partial charge on any atom is 0.201 e. The zero-order chi connectivity index (χ0) is 25.1. The number of sulfone groups is 1. The Labute approximate surface area is 209 Å². The maximum atomic E-state index is 14.4. The molecule has 3 aromatic carbocycles. The number of methoxy groups -OCH3 is 2. The number of carbonyl (C=O) groups is 1. The molecule has 180 valence electrons. The average molecular weight is 511 g/mol. The SMILES string of the molecule is COc1ccc2c(c1OC)C=C(C)[C@]1(S(=O)(=O)c3ccc(C)cc3)C(=O)c3cc(Cl)ccc3O[C@H]21. The lowest BCUT2D eigenvalue weighted by Crippen LogP contribution is -2.57. The van der Waals surface area contributed by atoms with Crippen LogP contribution in [0.3, 0.4) is 0 Å². The molecule has 0 radical (unpaired) electrons. The molecule has 3 aromatic rings. The van der Waals surface area contributed by atoms with Crippen LogP contribution in [0.25, 0.3) is 6.08 Å². The van der Waals surface area contributed by atoms with Crippen LogP contribution in [0.1, 0.15) is 40.1 Å². The van der Waals surface area contributed by atoms with Crippen molar-refractivity contribution in [1.29, 1.82) is 0 Å². The Hall–Kier alpha value is -3.29. The summed E-state index contributed by atoms with van der Waals surface area (Å²) in [4.78, 5) is 14.3. The number of Topliss-reactive ketones (excluding diaryl/α,β-unsaturated/α-hetero) is 1. The van der Waals surface area contributed by atoms with E-state index in [1.807, 2.05) is 6.92 Å². The van der Waals surface area contributed by atoms with Crippen molar-refractivity contribution < 1.29 is 27.4 Å². The third-order valence-corrected chi connectivity index (χ3v) is 9.44. The van der Waals surface area contributed by atoms with E-state index >= 15 is 0 Å². The Morgan fingerprint density at radius 1 is 0.971 bits per heavy atom. The van der Waals surface area contributed by atoms with Crippen LogP contribution in [0.15, 0.2) is 65.1 Å². The second kappa shape index (κ2) is 8.14. The second-order valence-electron chi connectivity index (χ2n) is 8.65. The molecule has 1 aliphatic carbocycles. The first-order chi connectivity index (χ1) is 16.7. The monoisotopic (exact) mass is 510 g/mol. The van der Waals surface area contributed by atoms with Crippen LogP contribution < -0.4 is 14.2 Å². The topological polar surface area (TPSA) is 78.9 Å². The lowest BCUT2D eigenvalue weighted by molar-refractivity contribution is 0.0761. The summed E-state index contributed by atoms with van der Waals surface area (Å²) in [6.07, 6.45) is 0.519. The third-order valence-electron chi connectivity index (χ3n) is 6.74. The number of aryl methyl sites for hydroxylation is 1. The second-order valence-corrected chi connectivity index (χ2v) is 11.2. The molecule has 0 bridgehead atoms. The number of ether oxygens (including phenoxy) is 3. The van der Waals surface area contributed by atoms with Gasteiger partial charge in [0, 0.05) is 16.1 Å². The molecule has 6 nitrogen and oxygen atoms in total. The highest BCUT2D eigenvalue weighted by Gasteiger charge is 2.64. The molecule has 0 unspecified atom stereocenters. The number of hydrogen-bond acceptors (Lipinski definition) is 6. The van der Waals surface area contributed by atoms with Gasteiger partial charge in [0.15, 0.2) is 33.2 Å². The number of carbonyl (C=O) groups excluding carboxylic acids is 1. The van der Waals surface area contributed by atoms with Crippen molar-refractivity contribution in [2.45, 2.75) is 29.6 Å². The first-order valence-electron chi connectivity index (χ1n) is 10.9. The molecular formula is C27H23ClO6S. The molecule has 0 fully saturated rings. The molecule has 0 spiro atoms. The van der Waals surface area contributed by atoms with Crippen LogP contribution in [0.4, 0.5) is 0 Å². The van der Waals surface area contributed by atoms with Crippen LogP contribution in [0.2, 0.25) is 5.02 Å². The van der Waals surface area contributed by atoms with Crippen molar-refractivity contribution in [3.8, 4) is 17.2 Å². The van der Waals surface area contributed by atoms with Crippen LogP contribution in [-0.4, -0.2) is 33.2 Å². The van der Waals surface area contributed by atoms with Gasteiger partial charge in [0.25, 0.3) is 0 Å². The van der Waals surface area contributed by atoms with Crippen molar-refractivity contribution in [2.24, 2.45) is 0 Å². The largest absolute Gasteiger partial charge is 0.493 e. The standard InChI is InChI=1S/C27H23ClO6S/c1-15-5-8-18(9-6-15)35(30,31)27-16(2)13-20-19(10-12-23(32-3)24(20)33-4)26(27)34-22-11-7-17(28)14-21(22)25(27)29/h5-14,26H,1-4H3/t26-,27+/m1/s1. The van der Waals surface area contributed by atoms with Gasteiger partial charge >= 0.3 is 0 Å². The molecule has 0 N–H and O–H groups in total. The highest BCUT2D eigenvalue weighted by molar-refractivity contribution is 7.94. The number of halogens is 1. The van der Waals surface area contributed by atoms with E-state index in [2.05, 4.69) is 0 Å². The summed E-state index contributed by atoms with van der Waals surface area (Å²) in [5.74, 6) is 0.609. The van der Waals surface area contributed by atoms with E-state index in [4.69, 9.17) is 25.8 Å². The highest BCUT2D eigenvalue weighted by atomic mass is 35.5. The van der Waals surface area contributed by atoms with Crippen LogP contribution in [0.5, 0.6) is 17.2 Å². The summed E-state index contributed by atoms with van der Waals surface area (Å²) in [5.41, 5.74) is 2.46. The lowest BCUT2D eigenvalue weighted by atomic mass is 9.74. The fourth-order valence-electron chi connectivity index (χ4n) is 5.03. The first kappa shape index (κ1) is 23.5. The van der Waals surface area contributed by atoms with Crippen LogP contribution >= 0.6 is 11.6 Å². The molecule has 35 heavy (non-hydrogen) atoms. The van der Waals surface area contributed by atoms with E-state index in [1.54, 1.807) is 49.4 Å². The molecule has 5 rings (SSSR count). The van der Waals surface area contributed by atoms with Gasteiger partial charge < -0.3 is 14.2 Å². The smallest absolute Gasteiger partial charge is 0.201 e. The van der Waals surface area contributed by atoms with E-state index in [-0.39, 0.29) is 16.2 Å². The molecule has 0 amide bonds. The van der Waals surface area contributed by atoms with E-state index in [1.165, 1.54) is 32.4 Å². The van der Waals surface area contributed by atoms with Gasteiger partial charge in [-0.1, -0.05) is 35.4 Å². The normalized spacial score (nSPS) is 20.7. The molecule has 2 aliphatic rings. The Morgan fingerprint density at radius 2 is 1.69 bits per heavy atom. The minimum Gasteiger partial charge on any atom is -0.493 e. The molecule has 0 aromatic heterocycles. The van der Waals surface area contributed by atoms with Crippen molar-refractivity contribution in [2.75, 3.05) is 14.2 Å². The van der Waals surface area contributed by atoms with Crippen molar-refractivity contribution in [1.82, 2.24) is 0 Å². The minimum absolute atomic E-state index is 0.0344. The molecule has 2 atom stereocenters. The Bertz CT molecular complexity index is 1510. The highest BCUT2D eigenvalue weighted by Crippen LogP contribution is 2.56. The molecule has 1 aliphatic heterocycles. The average Bonchev–Trinajstić information content (AvgIpc) is 2.84. The summed E-state index contributed by atoms with van der Waals surface area (Å²) < 4.78 is 44.2. The third kappa shape index (κ3) is 3.15. The summed E-state index contributed by atoms with van der Waals surface area (Å²) >= 11 is 6.20. The number of hydrogen-bond donors (Lipinski definition) is 0. The molecule has 0 saturated heterocycles. The molecule has 1 heterocycles. The number of ketones is 1. The van der Waals surface area contributed by atoms with Crippen molar-refractivity contribution >= 4 is 33.3 Å². The fraction of sp³-hybridized carbons (Fsp3) is 0.222. The summed E-state index contributed by atoms with van der Waals surface area (Å²) in [6.45, 7) is 3.50. The van der Waals surface area contributed by atoms with Crippen LogP contribution in [-0.2, 0) is 9.84 Å². The number of rotatable bonds is 4. The van der Waals surface area contributed by atoms with E-state index in [0.29, 0.717) is 33.2 Å². The van der Waals surface area contributed by atoms with Gasteiger partial charge in [0.05, 0.1) is 24.7 Å². The summed E-state index contributed by atoms with van der Waals surface area (Å²) in [7, 11) is -1.26. The lowest BCUT2D eigenvalue weighted by Gasteiger charge is -2.46. The van der Waals surface area contributed by atoms with Crippen molar-refractivity contribution in [3.05, 3.63) is 87.4 Å². The predicted octanol–water partition coefficient (Wildman–Crippen LogP) is 5.61. The van der Waals surface area contributed by atoms with Gasteiger partial charge in [-0.25, -0.2) is 8.42 Å². The number of benzene rings is 3. The van der Waals surface area contributed by atoms with Gasteiger partial charge in [-0.15, -0.1) is 0 Å². The van der Waals surface area contributed by atoms with Gasteiger partial charge in [0.1, 0.15) is 5.75 Å². The van der Waals surface area contributed by atoms with E-state index in [9.17, 15) is 13.2 Å². The molecule has 0 saturated carbocycles. The first-order valence-corrected chi connectivity index (χ1v) is 12.8. The van der Waals surface area contributed by atoms with Crippen molar-refractivity contribution in [3.63, 3.8) is 0 Å². The summed E-state index contributed by atoms with van der Waals surface area (Å²) in [6, 6.07) is 14.5. The Morgan fingerprint density at radius 3 is 2.34 bits per heavy atom. The Balaban J connectivity index is 1.88. The van der Waals surface area contributed by atoms with Crippen LogP contribution in [0, 0.1) is 6.92 Å². The van der Waals surface area contributed by atoms with E-state index in [0.717, 1.165) is 5.56 Å². The van der Waals surface area contributed by atoms with Gasteiger partial charge in [0.2, 0.25) is 4.75 Å². The fourth-order valence-corrected chi connectivity index (χ4v) is 7.36. The summed E-state index contributed by atoms with van der Waals surface area (Å²) in [5, 5.41) is 0.311. The van der Waals surface area contributed by atoms with E-state index < -0.39 is 26.5 Å². The zero-order valence-electron chi connectivity index (χ0n) is 19.6. The molecule has 8 heteroatoms. The van der Waals surface area contributed by atoms with Gasteiger partial charge in [-0.2, -0.15) is 0 Å². The predicted molar refractivity (Wildman–Crippen MR) is 133 cm³/mol. The number of fused-ring (bicyclic) bond motifs is 4. The minimum atomic E-state index is -4.29. The quantitative estimate of drug-likeness (QED) is 0.454. The van der Waals surface area contributed by atoms with Gasteiger partial charge in [-0.05, 0) is 61.9 Å². The molecular weight excluding hydrogens is 488 g/mol. The zero-order valence-corrected chi connectivity index (χ0v) is 21.2. The maximum absolute atomic E-state index is 14.4. The van der Waals surface area contributed by atoms with Gasteiger partial charge in [-0.3, -0.25) is 4.79 Å². The Kier molecular flexibility index (Phi) is 5.45.